The Hall–Kier alpha value is -2.41. The summed E-state index contributed by atoms with van der Waals surface area (Å²) in [5.74, 6) is -1.16. The Balaban J connectivity index is 2.23. The molecule has 104 valence electrons. The third-order valence-corrected chi connectivity index (χ3v) is 3.32. The van der Waals surface area contributed by atoms with Gasteiger partial charge >= 0.3 is 5.97 Å². The largest absolute Gasteiger partial charge is 0.477 e. The number of aliphatic carboxylic acids is 1. The first kappa shape index (κ1) is 14.0. The second-order valence-electron chi connectivity index (χ2n) is 3.88. The number of rotatable bonds is 6. The van der Waals surface area contributed by atoms with E-state index in [2.05, 4.69) is 10.4 Å². The van der Waals surface area contributed by atoms with Crippen LogP contribution in [-0.2, 0) is 11.3 Å². The zero-order valence-corrected chi connectivity index (χ0v) is 11.6. The molecular formula is C13H13N3O3S. The van der Waals surface area contributed by atoms with Gasteiger partial charge in [-0.25, -0.2) is 9.48 Å². The van der Waals surface area contributed by atoms with Crippen molar-refractivity contribution in [3.63, 3.8) is 0 Å². The second kappa shape index (κ2) is 6.16. The molecule has 0 saturated carbocycles. The van der Waals surface area contributed by atoms with Crippen molar-refractivity contribution in [2.45, 2.75) is 13.5 Å². The fraction of sp³-hybridized carbons (Fsp3) is 0.154. The summed E-state index contributed by atoms with van der Waals surface area (Å²) < 4.78 is 1.66. The summed E-state index contributed by atoms with van der Waals surface area (Å²) in [4.78, 5) is 23.3. The molecule has 0 aliphatic carbocycles. The first-order valence-corrected chi connectivity index (χ1v) is 6.86. The van der Waals surface area contributed by atoms with Crippen LogP contribution < -0.4 is 5.32 Å². The lowest BCUT2D eigenvalue weighted by molar-refractivity contribution is -0.132. The molecule has 0 spiro atoms. The van der Waals surface area contributed by atoms with Crippen LogP contribution in [0.3, 0.4) is 0 Å². The van der Waals surface area contributed by atoms with Crippen molar-refractivity contribution >= 4 is 28.9 Å². The zero-order chi connectivity index (χ0) is 14.5. The van der Waals surface area contributed by atoms with Gasteiger partial charge in [-0.2, -0.15) is 16.4 Å². The fourth-order valence-corrected chi connectivity index (χ4v) is 2.26. The van der Waals surface area contributed by atoms with Gasteiger partial charge in [0, 0.05) is 29.8 Å². The van der Waals surface area contributed by atoms with Crippen LogP contribution in [0.2, 0.25) is 0 Å². The number of ketones is 1. The van der Waals surface area contributed by atoms with Crippen molar-refractivity contribution in [3.05, 3.63) is 46.4 Å². The van der Waals surface area contributed by atoms with Gasteiger partial charge < -0.3 is 10.4 Å². The Labute approximate surface area is 119 Å². The molecular weight excluding hydrogens is 278 g/mol. The molecule has 0 atom stereocenters. The monoisotopic (exact) mass is 291 g/mol. The lowest BCUT2D eigenvalue weighted by Gasteiger charge is -2.05. The number of carboxylic acid groups (broad SMARTS) is 1. The van der Waals surface area contributed by atoms with Gasteiger partial charge in [0.05, 0.1) is 6.20 Å². The first-order chi connectivity index (χ1) is 9.63. The van der Waals surface area contributed by atoms with Crippen LogP contribution in [0.15, 0.2) is 40.9 Å². The molecule has 2 heterocycles. The van der Waals surface area contributed by atoms with E-state index in [0.29, 0.717) is 17.9 Å². The predicted octanol–water partition coefficient (Wildman–Crippen LogP) is 2.23. The second-order valence-corrected chi connectivity index (χ2v) is 4.66. The SMILES string of the molecule is CCn1nccc1NC=C(C(=O)O)C(=O)c1ccsc1. The highest BCUT2D eigenvalue weighted by molar-refractivity contribution is 7.08. The molecule has 0 saturated heterocycles. The predicted molar refractivity (Wildman–Crippen MR) is 75.9 cm³/mol. The number of aromatic nitrogens is 2. The van der Waals surface area contributed by atoms with Gasteiger partial charge in [-0.1, -0.05) is 0 Å². The summed E-state index contributed by atoms with van der Waals surface area (Å²) in [5.41, 5.74) is 0.0571. The summed E-state index contributed by atoms with van der Waals surface area (Å²) in [6.45, 7) is 2.56. The number of thiophene rings is 1. The maximum atomic E-state index is 12.1. The quantitative estimate of drug-likeness (QED) is 0.369. The Kier molecular flexibility index (Phi) is 4.31. The number of carbonyl (C=O) groups is 2. The van der Waals surface area contributed by atoms with Crippen molar-refractivity contribution in [2.75, 3.05) is 5.32 Å². The third-order valence-electron chi connectivity index (χ3n) is 2.64. The maximum Gasteiger partial charge on any atom is 0.341 e. The molecule has 6 nitrogen and oxygen atoms in total. The summed E-state index contributed by atoms with van der Waals surface area (Å²) in [5, 5.41) is 19.4. The molecule has 0 aromatic carbocycles. The smallest absolute Gasteiger partial charge is 0.341 e. The van der Waals surface area contributed by atoms with Gasteiger partial charge in [-0.05, 0) is 18.4 Å². The number of hydrogen-bond acceptors (Lipinski definition) is 5. The van der Waals surface area contributed by atoms with Gasteiger partial charge in [0.2, 0.25) is 5.78 Å². The topological polar surface area (TPSA) is 84.2 Å². The van der Waals surface area contributed by atoms with Crippen LogP contribution in [0, 0.1) is 0 Å². The maximum absolute atomic E-state index is 12.1. The number of carboxylic acids is 1. The van der Waals surface area contributed by atoms with Crippen molar-refractivity contribution in [3.8, 4) is 0 Å². The molecule has 7 heteroatoms. The molecule has 0 fully saturated rings. The minimum Gasteiger partial charge on any atom is -0.477 e. The summed E-state index contributed by atoms with van der Waals surface area (Å²) in [6, 6.07) is 3.30. The highest BCUT2D eigenvalue weighted by Crippen LogP contribution is 2.13. The van der Waals surface area contributed by atoms with E-state index in [1.165, 1.54) is 17.5 Å². The number of nitrogens with zero attached hydrogens (tertiary/aromatic N) is 2. The highest BCUT2D eigenvalue weighted by Gasteiger charge is 2.19. The molecule has 2 rings (SSSR count). The third kappa shape index (κ3) is 2.94. The normalized spacial score (nSPS) is 11.3. The Morgan fingerprint density at radius 3 is 2.90 bits per heavy atom. The molecule has 0 bridgehead atoms. The van der Waals surface area contributed by atoms with E-state index >= 15 is 0 Å². The van der Waals surface area contributed by atoms with E-state index in [9.17, 15) is 9.59 Å². The van der Waals surface area contributed by atoms with E-state index in [0.717, 1.165) is 0 Å². The molecule has 20 heavy (non-hydrogen) atoms. The lowest BCUT2D eigenvalue weighted by Crippen LogP contribution is -2.14. The Morgan fingerprint density at radius 2 is 2.30 bits per heavy atom. The average molecular weight is 291 g/mol. The van der Waals surface area contributed by atoms with Crippen molar-refractivity contribution in [1.29, 1.82) is 0 Å². The van der Waals surface area contributed by atoms with Crippen molar-refractivity contribution in [1.82, 2.24) is 9.78 Å². The molecule has 0 radical (unpaired) electrons. The number of anilines is 1. The average Bonchev–Trinajstić information content (AvgIpc) is 3.09. The minimum atomic E-state index is -1.27. The molecule has 0 amide bonds. The van der Waals surface area contributed by atoms with Gasteiger partial charge in [-0.15, -0.1) is 0 Å². The van der Waals surface area contributed by atoms with E-state index in [1.54, 1.807) is 33.8 Å². The molecule has 0 unspecified atom stereocenters. The van der Waals surface area contributed by atoms with E-state index < -0.39 is 11.8 Å². The number of aryl methyl sites for hydroxylation is 1. The van der Waals surface area contributed by atoms with E-state index in [4.69, 9.17) is 5.11 Å². The van der Waals surface area contributed by atoms with Gasteiger partial charge in [0.25, 0.3) is 0 Å². The first-order valence-electron chi connectivity index (χ1n) is 5.92. The fourth-order valence-electron chi connectivity index (χ4n) is 1.63. The molecule has 0 aliphatic heterocycles. The van der Waals surface area contributed by atoms with Gasteiger partial charge in [0.1, 0.15) is 11.4 Å². The molecule has 2 N–H and O–H groups in total. The Morgan fingerprint density at radius 1 is 1.50 bits per heavy atom. The summed E-state index contributed by atoms with van der Waals surface area (Å²) in [6.07, 6.45) is 2.80. The number of carbonyl (C=O) groups excluding carboxylic acids is 1. The van der Waals surface area contributed by atoms with Crippen LogP contribution in [0.25, 0.3) is 0 Å². The van der Waals surface area contributed by atoms with Gasteiger partial charge in [0.15, 0.2) is 0 Å². The zero-order valence-electron chi connectivity index (χ0n) is 10.7. The molecule has 0 aliphatic rings. The lowest BCUT2D eigenvalue weighted by atomic mass is 10.1. The van der Waals surface area contributed by atoms with Crippen LogP contribution in [0.1, 0.15) is 17.3 Å². The van der Waals surface area contributed by atoms with E-state index in [-0.39, 0.29) is 5.57 Å². The number of hydrogen-bond donors (Lipinski definition) is 2. The summed E-state index contributed by atoms with van der Waals surface area (Å²) >= 11 is 1.34. The van der Waals surface area contributed by atoms with Crippen molar-refractivity contribution < 1.29 is 14.7 Å². The van der Waals surface area contributed by atoms with Crippen LogP contribution >= 0.6 is 11.3 Å². The number of Topliss-reactive ketones (excluding diaryl/α,β-unsaturated/α-hetero) is 1. The number of nitrogens with one attached hydrogen (secondary N) is 1. The minimum absolute atomic E-state index is 0.313. The standard InChI is InChI=1S/C13H13N3O3S/c1-2-16-11(3-5-15-16)14-7-10(13(18)19)12(17)9-4-6-20-8-9/h3-8,14H,2H2,1H3,(H,18,19). The van der Waals surface area contributed by atoms with Crippen LogP contribution in [0.4, 0.5) is 5.82 Å². The molecule has 2 aromatic rings. The molecule has 2 aromatic heterocycles. The van der Waals surface area contributed by atoms with E-state index in [1.807, 2.05) is 6.92 Å². The highest BCUT2D eigenvalue weighted by atomic mass is 32.1. The van der Waals surface area contributed by atoms with Crippen LogP contribution in [0.5, 0.6) is 0 Å². The van der Waals surface area contributed by atoms with Gasteiger partial charge in [-0.3, -0.25) is 4.79 Å². The van der Waals surface area contributed by atoms with Crippen LogP contribution in [-0.4, -0.2) is 26.6 Å². The Bertz CT molecular complexity index is 644. The summed E-state index contributed by atoms with van der Waals surface area (Å²) in [7, 11) is 0. The van der Waals surface area contributed by atoms with Crippen molar-refractivity contribution in [2.24, 2.45) is 0 Å².